The van der Waals surface area contributed by atoms with E-state index in [1.807, 2.05) is 0 Å². The van der Waals surface area contributed by atoms with Gasteiger partial charge in [-0.1, -0.05) is 0 Å². The number of anilines is 1. The molecule has 0 spiro atoms. The Kier molecular flexibility index (Phi) is 7.32. The highest BCUT2D eigenvalue weighted by Crippen LogP contribution is 2.45. The molecule has 0 radical (unpaired) electrons. The quantitative estimate of drug-likeness (QED) is 0.437. The minimum atomic E-state index is -0.915. The third kappa shape index (κ3) is 5.06. The minimum Gasteiger partial charge on any atom is -0.507 e. The van der Waals surface area contributed by atoms with Crippen molar-refractivity contribution in [1.82, 2.24) is 0 Å². The van der Waals surface area contributed by atoms with Crippen molar-refractivity contribution in [3.8, 4) is 40.2 Å². The number of benzene rings is 2. The van der Waals surface area contributed by atoms with Crippen LogP contribution in [-0.2, 0) is 4.79 Å². The molecule has 3 aromatic rings. The molecule has 0 aliphatic carbocycles. The first-order valence-corrected chi connectivity index (χ1v) is 11.2. The third-order valence-electron chi connectivity index (χ3n) is 5.86. The van der Waals surface area contributed by atoms with Crippen molar-refractivity contribution < 1.29 is 42.7 Å². The van der Waals surface area contributed by atoms with Gasteiger partial charge in [-0.25, -0.2) is 4.79 Å². The number of ether oxygens (including phenoxy) is 6. The van der Waals surface area contributed by atoms with Crippen LogP contribution in [0, 0.1) is 6.92 Å². The number of hydrogen-bond acceptors (Lipinski definition) is 10. The fourth-order valence-electron chi connectivity index (χ4n) is 4.21. The topological polar surface area (TPSA) is 135 Å². The second kappa shape index (κ2) is 10.6. The summed E-state index contributed by atoms with van der Waals surface area (Å²) in [5, 5.41) is 13.5. The molecule has 1 atom stereocenters. The van der Waals surface area contributed by atoms with E-state index in [0.717, 1.165) is 0 Å². The lowest BCUT2D eigenvalue weighted by Crippen LogP contribution is -2.21. The van der Waals surface area contributed by atoms with E-state index in [9.17, 15) is 14.7 Å². The van der Waals surface area contributed by atoms with Gasteiger partial charge in [0.1, 0.15) is 11.5 Å². The van der Waals surface area contributed by atoms with Crippen molar-refractivity contribution in [3.05, 3.63) is 57.6 Å². The van der Waals surface area contributed by atoms with Gasteiger partial charge in [0, 0.05) is 36.2 Å². The predicted octanol–water partition coefficient (Wildman–Crippen LogP) is 3.58. The van der Waals surface area contributed by atoms with E-state index in [2.05, 4.69) is 5.32 Å². The Morgan fingerprint density at radius 1 is 0.973 bits per heavy atom. The Balaban J connectivity index is 1.74. The molecule has 2 aromatic carbocycles. The van der Waals surface area contributed by atoms with Crippen molar-refractivity contribution in [3.63, 3.8) is 0 Å². The monoisotopic (exact) mass is 513 g/mol. The molecule has 11 heteroatoms. The SMILES string of the molecule is COc1cc(NC(=O)CC(c2cc(OC)c3c(c2)OCO3)c2c(O)cc(C)oc2=O)cc(OC)c1OC. The lowest BCUT2D eigenvalue weighted by molar-refractivity contribution is -0.116. The van der Waals surface area contributed by atoms with Gasteiger partial charge in [0.05, 0.1) is 34.0 Å². The van der Waals surface area contributed by atoms with Gasteiger partial charge < -0.3 is 43.3 Å². The molecule has 11 nitrogen and oxygen atoms in total. The summed E-state index contributed by atoms with van der Waals surface area (Å²) >= 11 is 0. The molecule has 37 heavy (non-hydrogen) atoms. The molecule has 1 aliphatic rings. The van der Waals surface area contributed by atoms with E-state index in [0.29, 0.717) is 45.7 Å². The summed E-state index contributed by atoms with van der Waals surface area (Å²) in [6.45, 7) is 1.54. The van der Waals surface area contributed by atoms with E-state index < -0.39 is 17.5 Å². The zero-order valence-corrected chi connectivity index (χ0v) is 21.0. The van der Waals surface area contributed by atoms with Crippen molar-refractivity contribution >= 4 is 11.6 Å². The molecule has 1 aliphatic heterocycles. The number of aromatic hydroxyl groups is 1. The van der Waals surface area contributed by atoms with Gasteiger partial charge in [0.25, 0.3) is 0 Å². The maximum absolute atomic E-state index is 13.3. The Hall–Kier alpha value is -4.54. The standard InChI is InChI=1S/C26H27NO10/c1-13-6-17(28)23(26(30)37-13)16(14-7-18(31-2)25-21(8-14)35-12-36-25)11-22(29)27-15-9-19(32-3)24(34-5)20(10-15)33-4/h6-10,16,28H,11-12H2,1-5H3,(H,27,29). The number of nitrogens with one attached hydrogen (secondary N) is 1. The zero-order chi connectivity index (χ0) is 26.7. The van der Waals surface area contributed by atoms with Gasteiger partial charge in [-0.3, -0.25) is 4.79 Å². The number of hydrogen-bond donors (Lipinski definition) is 2. The molecule has 0 bridgehead atoms. The number of aryl methyl sites for hydroxylation is 1. The first-order chi connectivity index (χ1) is 17.8. The van der Waals surface area contributed by atoms with Crippen LogP contribution in [0.1, 0.15) is 29.2 Å². The molecule has 1 amide bonds. The third-order valence-corrected chi connectivity index (χ3v) is 5.86. The van der Waals surface area contributed by atoms with Crippen LogP contribution in [0.25, 0.3) is 0 Å². The van der Waals surface area contributed by atoms with E-state index in [1.165, 1.54) is 34.5 Å². The first-order valence-electron chi connectivity index (χ1n) is 11.2. The number of carbonyl (C=O) groups excluding carboxylic acids is 1. The van der Waals surface area contributed by atoms with E-state index >= 15 is 0 Å². The van der Waals surface area contributed by atoms with Crippen molar-refractivity contribution in [2.45, 2.75) is 19.3 Å². The Morgan fingerprint density at radius 2 is 1.65 bits per heavy atom. The summed E-state index contributed by atoms with van der Waals surface area (Å²) in [6.07, 6.45) is -0.235. The summed E-state index contributed by atoms with van der Waals surface area (Å²) in [4.78, 5) is 26.1. The van der Waals surface area contributed by atoms with E-state index in [4.69, 9.17) is 32.8 Å². The van der Waals surface area contributed by atoms with Crippen LogP contribution in [0.5, 0.6) is 40.2 Å². The summed E-state index contributed by atoms with van der Waals surface area (Å²) in [5.41, 5.74) is 0.0144. The summed E-state index contributed by atoms with van der Waals surface area (Å²) in [5.74, 6) is 0.791. The molecule has 1 unspecified atom stereocenters. The highest BCUT2D eigenvalue weighted by molar-refractivity contribution is 5.92. The van der Waals surface area contributed by atoms with Crippen molar-refractivity contribution in [2.75, 3.05) is 40.5 Å². The fourth-order valence-corrected chi connectivity index (χ4v) is 4.21. The summed E-state index contributed by atoms with van der Waals surface area (Å²) in [6, 6.07) is 7.75. The Morgan fingerprint density at radius 3 is 2.24 bits per heavy atom. The molecule has 2 heterocycles. The Bertz CT molecular complexity index is 1360. The zero-order valence-electron chi connectivity index (χ0n) is 21.0. The average molecular weight is 513 g/mol. The van der Waals surface area contributed by atoms with Crippen LogP contribution in [-0.4, -0.2) is 46.2 Å². The number of carbonyl (C=O) groups is 1. The number of fused-ring (bicyclic) bond motifs is 1. The van der Waals surface area contributed by atoms with Gasteiger partial charge in [0.15, 0.2) is 23.0 Å². The minimum absolute atomic E-state index is 0.000639. The lowest BCUT2D eigenvalue weighted by atomic mass is 9.88. The molecule has 196 valence electrons. The van der Waals surface area contributed by atoms with E-state index in [-0.39, 0.29) is 30.3 Å². The summed E-state index contributed by atoms with van der Waals surface area (Å²) in [7, 11) is 5.87. The number of methoxy groups -OCH3 is 4. The van der Waals surface area contributed by atoms with Gasteiger partial charge >= 0.3 is 5.63 Å². The van der Waals surface area contributed by atoms with Crippen LogP contribution in [0.15, 0.2) is 39.5 Å². The molecular formula is C26H27NO10. The van der Waals surface area contributed by atoms with Crippen molar-refractivity contribution in [1.29, 1.82) is 0 Å². The number of amides is 1. The second-order valence-corrected chi connectivity index (χ2v) is 8.12. The van der Waals surface area contributed by atoms with Crippen LogP contribution in [0.4, 0.5) is 5.69 Å². The fraction of sp³-hybridized carbons (Fsp3) is 0.308. The van der Waals surface area contributed by atoms with Crippen LogP contribution in [0.2, 0.25) is 0 Å². The molecule has 0 fully saturated rings. The highest BCUT2D eigenvalue weighted by atomic mass is 16.7. The maximum atomic E-state index is 13.3. The van der Waals surface area contributed by atoms with Gasteiger partial charge in [-0.15, -0.1) is 0 Å². The lowest BCUT2D eigenvalue weighted by Gasteiger charge is -2.20. The number of rotatable bonds is 9. The molecule has 4 rings (SSSR count). The first kappa shape index (κ1) is 25.5. The van der Waals surface area contributed by atoms with Crippen LogP contribution >= 0.6 is 0 Å². The normalized spacial score (nSPS) is 12.6. The second-order valence-electron chi connectivity index (χ2n) is 8.12. The van der Waals surface area contributed by atoms with Gasteiger partial charge in [-0.2, -0.15) is 0 Å². The van der Waals surface area contributed by atoms with Gasteiger partial charge in [0.2, 0.25) is 24.2 Å². The molecular weight excluding hydrogens is 486 g/mol. The summed E-state index contributed by atoms with van der Waals surface area (Å²) < 4.78 is 37.7. The smallest absolute Gasteiger partial charge is 0.343 e. The predicted molar refractivity (Wildman–Crippen MR) is 132 cm³/mol. The molecule has 1 aromatic heterocycles. The maximum Gasteiger partial charge on any atom is 0.343 e. The van der Waals surface area contributed by atoms with Crippen LogP contribution < -0.4 is 39.4 Å². The van der Waals surface area contributed by atoms with E-state index in [1.54, 1.807) is 31.2 Å². The molecule has 2 N–H and O–H groups in total. The Labute approximate surface area is 212 Å². The average Bonchev–Trinajstić information content (AvgIpc) is 3.35. The van der Waals surface area contributed by atoms with Gasteiger partial charge in [-0.05, 0) is 24.6 Å². The molecule has 0 saturated carbocycles. The van der Waals surface area contributed by atoms with Crippen LogP contribution in [0.3, 0.4) is 0 Å². The van der Waals surface area contributed by atoms with Crippen molar-refractivity contribution in [2.24, 2.45) is 0 Å². The molecule has 0 saturated heterocycles. The highest BCUT2D eigenvalue weighted by Gasteiger charge is 2.30. The largest absolute Gasteiger partial charge is 0.507 e.